The second-order valence-electron chi connectivity index (χ2n) is 5.75. The summed E-state index contributed by atoms with van der Waals surface area (Å²) in [6.07, 6.45) is 1.29. The lowest BCUT2D eigenvalue weighted by Crippen LogP contribution is -2.60. The monoisotopic (exact) mass is 238 g/mol. The van der Waals surface area contributed by atoms with Crippen LogP contribution < -0.4 is 5.11 Å². The minimum Gasteiger partial charge on any atom is -0.548 e. The summed E-state index contributed by atoms with van der Waals surface area (Å²) in [4.78, 5) is 35.8. The maximum atomic E-state index is 12.3. The molecule has 0 N–H and O–H groups in total. The number of carbonyl (C=O) groups is 3. The quantitative estimate of drug-likeness (QED) is 0.610. The lowest BCUT2D eigenvalue weighted by atomic mass is 9.62. The van der Waals surface area contributed by atoms with Crippen LogP contribution >= 0.6 is 0 Å². The maximum Gasteiger partial charge on any atom is 0.236 e. The van der Waals surface area contributed by atoms with E-state index in [9.17, 15) is 19.5 Å². The average molecular weight is 238 g/mol. The maximum absolute atomic E-state index is 12.3. The second-order valence-corrected chi connectivity index (χ2v) is 5.75. The first-order valence-corrected chi connectivity index (χ1v) is 5.77. The van der Waals surface area contributed by atoms with Crippen LogP contribution in [0.4, 0.5) is 0 Å². The molecule has 0 aromatic heterocycles. The number of nitrogens with zero attached hydrogens (tertiary/aromatic N) is 1. The number of hydrogen-bond donors (Lipinski definition) is 0. The number of likely N-dealkylation sites (tertiary alicyclic amines) is 1. The Morgan fingerprint density at radius 1 is 1.41 bits per heavy atom. The number of piperidine rings is 1. The van der Waals surface area contributed by atoms with Gasteiger partial charge in [0.05, 0.1) is 17.9 Å². The molecule has 2 amide bonds. The van der Waals surface area contributed by atoms with Crippen LogP contribution in [-0.4, -0.2) is 29.2 Å². The molecule has 0 aromatic rings. The second kappa shape index (κ2) is 3.31. The summed E-state index contributed by atoms with van der Waals surface area (Å²) in [5.41, 5.74) is -1.04. The fourth-order valence-electron chi connectivity index (χ4n) is 3.18. The fraction of sp³-hybridized carbons (Fsp3) is 0.750. The van der Waals surface area contributed by atoms with Crippen molar-refractivity contribution in [2.75, 3.05) is 6.54 Å². The van der Waals surface area contributed by atoms with Crippen LogP contribution in [0.25, 0.3) is 0 Å². The summed E-state index contributed by atoms with van der Waals surface area (Å²) in [6, 6.07) is 0. The van der Waals surface area contributed by atoms with E-state index in [2.05, 4.69) is 0 Å². The summed E-state index contributed by atoms with van der Waals surface area (Å²) in [5, 5.41) is 10.6. The number of carboxylic acids is 1. The van der Waals surface area contributed by atoms with Crippen molar-refractivity contribution in [1.82, 2.24) is 4.90 Å². The van der Waals surface area contributed by atoms with E-state index in [1.165, 1.54) is 0 Å². The molecule has 1 saturated heterocycles. The Kier molecular flexibility index (Phi) is 2.35. The van der Waals surface area contributed by atoms with Crippen molar-refractivity contribution in [3.63, 3.8) is 0 Å². The third-order valence-electron chi connectivity index (χ3n) is 4.79. The van der Waals surface area contributed by atoms with Crippen molar-refractivity contribution >= 4 is 17.8 Å². The Hall–Kier alpha value is -1.39. The van der Waals surface area contributed by atoms with E-state index in [1.807, 2.05) is 20.8 Å². The summed E-state index contributed by atoms with van der Waals surface area (Å²) in [6.45, 7) is 5.03. The van der Waals surface area contributed by atoms with Crippen LogP contribution in [0.3, 0.4) is 0 Å². The molecule has 0 aromatic carbocycles. The lowest BCUT2D eigenvalue weighted by Gasteiger charge is -2.47. The molecule has 2 fully saturated rings. The Bertz CT molecular complexity index is 415. The Morgan fingerprint density at radius 3 is 2.53 bits per heavy atom. The molecule has 5 nitrogen and oxygen atoms in total. The number of hydrogen-bond acceptors (Lipinski definition) is 4. The van der Waals surface area contributed by atoms with Crippen molar-refractivity contribution in [1.29, 1.82) is 0 Å². The molecule has 1 saturated carbocycles. The molecule has 1 aliphatic carbocycles. The van der Waals surface area contributed by atoms with Gasteiger partial charge in [0.25, 0.3) is 0 Å². The zero-order chi connectivity index (χ0) is 13.0. The molecule has 2 bridgehead atoms. The van der Waals surface area contributed by atoms with Crippen LogP contribution in [0, 0.1) is 16.7 Å². The van der Waals surface area contributed by atoms with Crippen LogP contribution in [0.1, 0.15) is 33.6 Å². The first kappa shape index (κ1) is 12.1. The van der Waals surface area contributed by atoms with Crippen LogP contribution in [0.2, 0.25) is 0 Å². The third-order valence-corrected chi connectivity index (χ3v) is 4.79. The molecule has 2 aliphatic rings. The Balaban J connectivity index is 2.42. The third kappa shape index (κ3) is 1.34. The zero-order valence-corrected chi connectivity index (χ0v) is 10.3. The van der Waals surface area contributed by atoms with Gasteiger partial charge < -0.3 is 9.90 Å². The number of carboxylic acid groups (broad SMARTS) is 1. The summed E-state index contributed by atoms with van der Waals surface area (Å²) in [5.74, 6) is -2.39. The Morgan fingerprint density at radius 2 is 2.00 bits per heavy atom. The smallest absolute Gasteiger partial charge is 0.236 e. The predicted octanol–water partition coefficient (Wildman–Crippen LogP) is -0.452. The van der Waals surface area contributed by atoms with E-state index in [0.29, 0.717) is 12.8 Å². The number of fused-ring (bicyclic) bond motifs is 2. The molecule has 0 spiro atoms. The van der Waals surface area contributed by atoms with E-state index in [-0.39, 0.29) is 17.7 Å². The van der Waals surface area contributed by atoms with Crippen LogP contribution in [0.15, 0.2) is 0 Å². The van der Waals surface area contributed by atoms with Gasteiger partial charge in [-0.05, 0) is 18.3 Å². The summed E-state index contributed by atoms with van der Waals surface area (Å²) in [7, 11) is 0. The molecule has 1 heterocycles. The van der Waals surface area contributed by atoms with Gasteiger partial charge in [-0.3, -0.25) is 14.5 Å². The molecular formula is C12H16NO4-. The summed E-state index contributed by atoms with van der Waals surface area (Å²) < 4.78 is 0. The highest BCUT2D eigenvalue weighted by molar-refractivity contribution is 6.05. The molecule has 0 radical (unpaired) electrons. The average Bonchev–Trinajstić information content (AvgIpc) is 2.40. The first-order chi connectivity index (χ1) is 7.72. The zero-order valence-electron chi connectivity index (χ0n) is 10.3. The van der Waals surface area contributed by atoms with Crippen molar-refractivity contribution in [2.45, 2.75) is 33.6 Å². The van der Waals surface area contributed by atoms with E-state index in [0.717, 1.165) is 4.90 Å². The van der Waals surface area contributed by atoms with Gasteiger partial charge in [0.15, 0.2) is 0 Å². The number of amides is 2. The molecular weight excluding hydrogens is 222 g/mol. The molecule has 94 valence electrons. The molecule has 1 aliphatic heterocycles. The van der Waals surface area contributed by atoms with Gasteiger partial charge in [-0.1, -0.05) is 20.8 Å². The number of aliphatic carboxylic acids is 1. The van der Waals surface area contributed by atoms with Crippen LogP contribution in [-0.2, 0) is 14.4 Å². The number of rotatable bonds is 2. The van der Waals surface area contributed by atoms with Gasteiger partial charge in [-0.15, -0.1) is 0 Å². The van der Waals surface area contributed by atoms with E-state index >= 15 is 0 Å². The normalized spacial score (nSPS) is 35.2. The van der Waals surface area contributed by atoms with Gasteiger partial charge in [-0.2, -0.15) is 0 Å². The van der Waals surface area contributed by atoms with Gasteiger partial charge in [0, 0.05) is 5.92 Å². The standard InChI is InChI=1S/C12H17NO4/c1-11(2)7-4-5-12(11,3)10(17)13(9(7)16)6-8(14)15/h7H,4-6H2,1-3H3,(H,14,15)/p-1/t7-,12+/m1/s1. The van der Waals surface area contributed by atoms with E-state index < -0.39 is 23.3 Å². The van der Waals surface area contributed by atoms with Gasteiger partial charge in [-0.25, -0.2) is 0 Å². The SMILES string of the molecule is CC1(C)[C@@H]2CC[C@@]1(C)C(=O)N(CC(=O)[O-])C2=O. The highest BCUT2D eigenvalue weighted by atomic mass is 16.4. The van der Waals surface area contributed by atoms with Crippen molar-refractivity contribution in [2.24, 2.45) is 16.7 Å². The minimum absolute atomic E-state index is 0.260. The first-order valence-electron chi connectivity index (χ1n) is 5.77. The molecule has 2 rings (SSSR count). The van der Waals surface area contributed by atoms with Crippen molar-refractivity contribution < 1.29 is 19.5 Å². The molecule has 2 atom stereocenters. The van der Waals surface area contributed by atoms with Crippen LogP contribution in [0.5, 0.6) is 0 Å². The topological polar surface area (TPSA) is 77.5 Å². The highest BCUT2D eigenvalue weighted by Gasteiger charge is 2.64. The molecule has 17 heavy (non-hydrogen) atoms. The number of carbonyl (C=O) groups excluding carboxylic acids is 3. The minimum atomic E-state index is -1.39. The van der Waals surface area contributed by atoms with E-state index in [4.69, 9.17) is 0 Å². The van der Waals surface area contributed by atoms with Crippen molar-refractivity contribution in [3.8, 4) is 0 Å². The van der Waals surface area contributed by atoms with E-state index in [1.54, 1.807) is 0 Å². The Labute approximate surface area is 99.8 Å². The lowest BCUT2D eigenvalue weighted by molar-refractivity contribution is -0.306. The van der Waals surface area contributed by atoms with Gasteiger partial charge >= 0.3 is 0 Å². The van der Waals surface area contributed by atoms with Gasteiger partial charge in [0.1, 0.15) is 0 Å². The molecule has 5 heteroatoms. The number of imide groups is 1. The summed E-state index contributed by atoms with van der Waals surface area (Å²) >= 11 is 0. The fourth-order valence-corrected chi connectivity index (χ4v) is 3.18. The van der Waals surface area contributed by atoms with Crippen molar-refractivity contribution in [3.05, 3.63) is 0 Å². The van der Waals surface area contributed by atoms with Gasteiger partial charge in [0.2, 0.25) is 11.8 Å². The predicted molar refractivity (Wildman–Crippen MR) is 56.3 cm³/mol. The largest absolute Gasteiger partial charge is 0.548 e. The highest BCUT2D eigenvalue weighted by Crippen LogP contribution is 2.59. The molecule has 0 unspecified atom stereocenters.